The molecule has 0 N–H and O–H groups in total. The summed E-state index contributed by atoms with van der Waals surface area (Å²) in [7, 11) is 0. The number of aromatic nitrogens is 1. The zero-order valence-electron chi connectivity index (χ0n) is 6.38. The number of hydrogen-bond donors (Lipinski definition) is 0. The molecule has 0 fully saturated rings. The molecule has 8 heteroatoms. The monoisotopic (exact) mass is 330 g/mol. The third-order valence-corrected chi connectivity index (χ3v) is 2.61. The summed E-state index contributed by atoms with van der Waals surface area (Å²) in [5.74, 6) is 0. The third kappa shape index (κ3) is 2.06. The minimum absolute atomic E-state index is 0.0685. The highest BCUT2D eigenvalue weighted by atomic mass is 79.9. The molecule has 1 aromatic rings. The van der Waals surface area contributed by atoms with Crippen LogP contribution in [0.4, 0.5) is 14.5 Å². The first-order valence-electron chi connectivity index (χ1n) is 3.21. The van der Waals surface area contributed by atoms with Crippen LogP contribution < -0.4 is 0 Å². The van der Waals surface area contributed by atoms with Crippen LogP contribution in [-0.2, 0) is 0 Å². The molecule has 0 radical (unpaired) electrons. The van der Waals surface area contributed by atoms with Crippen molar-refractivity contribution in [3.63, 3.8) is 0 Å². The zero-order chi connectivity index (χ0) is 10.9. The van der Waals surface area contributed by atoms with Crippen LogP contribution in [0.5, 0.6) is 0 Å². The van der Waals surface area contributed by atoms with E-state index in [1.165, 1.54) is 0 Å². The van der Waals surface area contributed by atoms with Gasteiger partial charge in [0.1, 0.15) is 14.6 Å². The number of nitro groups is 1. The molecule has 76 valence electrons. The second-order valence-electron chi connectivity index (χ2n) is 2.22. The summed E-state index contributed by atoms with van der Waals surface area (Å²) >= 11 is 5.53. The number of pyridine rings is 1. The number of nitrogens with zero attached hydrogens (tertiary/aromatic N) is 2. The van der Waals surface area contributed by atoms with E-state index in [0.29, 0.717) is 0 Å². The van der Waals surface area contributed by atoms with Crippen molar-refractivity contribution in [3.05, 3.63) is 31.0 Å². The largest absolute Gasteiger partial charge is 0.296 e. The second kappa shape index (κ2) is 4.26. The van der Waals surface area contributed by atoms with Gasteiger partial charge in [0.05, 0.1) is 4.92 Å². The van der Waals surface area contributed by atoms with E-state index in [0.717, 1.165) is 6.20 Å². The van der Waals surface area contributed by atoms with Crippen LogP contribution >= 0.6 is 31.9 Å². The van der Waals surface area contributed by atoms with Crippen LogP contribution in [0.1, 0.15) is 12.0 Å². The molecule has 0 saturated carbocycles. The maximum absolute atomic E-state index is 12.4. The summed E-state index contributed by atoms with van der Waals surface area (Å²) in [4.78, 5) is 13.1. The van der Waals surface area contributed by atoms with E-state index in [9.17, 15) is 18.9 Å². The van der Waals surface area contributed by atoms with Crippen molar-refractivity contribution in [2.75, 3.05) is 0 Å². The Kier molecular flexibility index (Phi) is 3.48. The van der Waals surface area contributed by atoms with Crippen molar-refractivity contribution in [1.82, 2.24) is 4.98 Å². The van der Waals surface area contributed by atoms with Crippen molar-refractivity contribution in [2.45, 2.75) is 6.43 Å². The summed E-state index contributed by atoms with van der Waals surface area (Å²) in [5, 5.41) is 10.5. The van der Waals surface area contributed by atoms with Crippen LogP contribution in [-0.4, -0.2) is 9.91 Å². The molecular formula is C6H2Br2F2N2O2. The topological polar surface area (TPSA) is 56.0 Å². The quantitative estimate of drug-likeness (QED) is 0.474. The summed E-state index contributed by atoms with van der Waals surface area (Å²) < 4.78 is 24.6. The van der Waals surface area contributed by atoms with E-state index in [1.54, 1.807) is 0 Å². The maximum Gasteiger partial charge on any atom is 0.296 e. The lowest BCUT2D eigenvalue weighted by molar-refractivity contribution is -0.387. The highest BCUT2D eigenvalue weighted by Gasteiger charge is 2.28. The summed E-state index contributed by atoms with van der Waals surface area (Å²) in [5.41, 5.74) is -1.38. The molecular weight excluding hydrogens is 330 g/mol. The Hall–Kier alpha value is -0.630. The predicted molar refractivity (Wildman–Crippen MR) is 51.2 cm³/mol. The molecule has 1 aromatic heterocycles. The Morgan fingerprint density at radius 2 is 2.07 bits per heavy atom. The van der Waals surface area contributed by atoms with Crippen LogP contribution in [0, 0.1) is 10.1 Å². The lowest BCUT2D eigenvalue weighted by atomic mass is 10.2. The average molecular weight is 332 g/mol. The highest BCUT2D eigenvalue weighted by Crippen LogP contribution is 2.38. The van der Waals surface area contributed by atoms with Gasteiger partial charge in [-0.3, -0.25) is 10.1 Å². The van der Waals surface area contributed by atoms with E-state index in [-0.39, 0.29) is 9.08 Å². The van der Waals surface area contributed by atoms with Crippen LogP contribution in [0.2, 0.25) is 0 Å². The number of halogens is 4. The molecule has 0 aliphatic rings. The molecule has 14 heavy (non-hydrogen) atoms. The van der Waals surface area contributed by atoms with Gasteiger partial charge in [0.15, 0.2) is 0 Å². The Labute approximate surface area is 93.7 Å². The lowest BCUT2D eigenvalue weighted by Crippen LogP contribution is -2.00. The molecule has 0 aromatic carbocycles. The van der Waals surface area contributed by atoms with E-state index >= 15 is 0 Å². The predicted octanol–water partition coefficient (Wildman–Crippen LogP) is 3.45. The SMILES string of the molecule is O=[N+]([O-])c1c(Br)cnc(Br)c1C(F)F. The maximum atomic E-state index is 12.4. The molecule has 0 spiro atoms. The first kappa shape index (κ1) is 11.4. The van der Waals surface area contributed by atoms with Gasteiger partial charge >= 0.3 is 0 Å². The molecule has 1 rings (SSSR count). The minimum Gasteiger partial charge on any atom is -0.258 e. The minimum atomic E-state index is -2.95. The van der Waals surface area contributed by atoms with Gasteiger partial charge in [-0.15, -0.1) is 0 Å². The Bertz CT molecular complexity index is 386. The zero-order valence-corrected chi connectivity index (χ0v) is 9.55. The van der Waals surface area contributed by atoms with Gasteiger partial charge in [0.2, 0.25) is 0 Å². The molecule has 0 bridgehead atoms. The lowest BCUT2D eigenvalue weighted by Gasteiger charge is -2.04. The average Bonchev–Trinajstić information content (AvgIpc) is 2.07. The van der Waals surface area contributed by atoms with Crippen molar-refractivity contribution in [1.29, 1.82) is 0 Å². The Morgan fingerprint density at radius 3 is 2.43 bits per heavy atom. The standard InChI is InChI=1S/C6H2Br2F2N2O2/c7-2-1-11-5(8)3(6(9)10)4(2)12(13)14/h1,6H. The Morgan fingerprint density at radius 1 is 1.50 bits per heavy atom. The van der Waals surface area contributed by atoms with Gasteiger partial charge < -0.3 is 0 Å². The molecule has 0 unspecified atom stereocenters. The van der Waals surface area contributed by atoms with Crippen molar-refractivity contribution >= 4 is 37.5 Å². The molecule has 0 amide bonds. The smallest absolute Gasteiger partial charge is 0.258 e. The van der Waals surface area contributed by atoms with E-state index in [2.05, 4.69) is 36.8 Å². The van der Waals surface area contributed by atoms with Gasteiger partial charge in [-0.2, -0.15) is 0 Å². The van der Waals surface area contributed by atoms with Crippen molar-refractivity contribution in [2.24, 2.45) is 0 Å². The van der Waals surface area contributed by atoms with Crippen LogP contribution in [0.3, 0.4) is 0 Å². The van der Waals surface area contributed by atoms with E-state index in [1.807, 2.05) is 0 Å². The Balaban J connectivity index is 3.50. The summed E-state index contributed by atoms with van der Waals surface area (Å²) in [6.07, 6.45) is -1.86. The van der Waals surface area contributed by atoms with Crippen molar-refractivity contribution in [3.8, 4) is 0 Å². The van der Waals surface area contributed by atoms with Crippen LogP contribution in [0.15, 0.2) is 15.3 Å². The van der Waals surface area contributed by atoms with E-state index < -0.39 is 22.6 Å². The molecule has 0 saturated heterocycles. The van der Waals surface area contributed by atoms with Crippen molar-refractivity contribution < 1.29 is 13.7 Å². The second-order valence-corrected chi connectivity index (χ2v) is 3.82. The fraction of sp³-hybridized carbons (Fsp3) is 0.167. The van der Waals surface area contributed by atoms with Crippen LogP contribution in [0.25, 0.3) is 0 Å². The normalized spacial score (nSPS) is 10.6. The molecule has 4 nitrogen and oxygen atoms in total. The van der Waals surface area contributed by atoms with Gasteiger partial charge in [-0.05, 0) is 31.9 Å². The van der Waals surface area contributed by atoms with Gasteiger partial charge in [-0.25, -0.2) is 13.8 Å². The summed E-state index contributed by atoms with van der Waals surface area (Å²) in [6.45, 7) is 0. The molecule has 0 aliphatic heterocycles. The first-order chi connectivity index (χ1) is 6.45. The molecule has 0 aliphatic carbocycles. The molecule has 0 atom stereocenters. The van der Waals surface area contributed by atoms with Gasteiger partial charge in [0, 0.05) is 6.20 Å². The summed E-state index contributed by atoms with van der Waals surface area (Å²) in [6, 6.07) is 0. The van der Waals surface area contributed by atoms with E-state index in [4.69, 9.17) is 0 Å². The van der Waals surface area contributed by atoms with Gasteiger partial charge in [-0.1, -0.05) is 0 Å². The number of rotatable bonds is 2. The van der Waals surface area contributed by atoms with Gasteiger partial charge in [0.25, 0.3) is 12.1 Å². The molecule has 1 heterocycles. The highest BCUT2D eigenvalue weighted by molar-refractivity contribution is 9.11. The fourth-order valence-electron chi connectivity index (χ4n) is 0.849. The number of hydrogen-bond acceptors (Lipinski definition) is 3. The first-order valence-corrected chi connectivity index (χ1v) is 4.80. The number of alkyl halides is 2. The fourth-order valence-corrected chi connectivity index (χ4v) is 1.77. The third-order valence-electron chi connectivity index (χ3n) is 1.40.